The third kappa shape index (κ3) is 5.44. The van der Waals surface area contributed by atoms with Crippen molar-refractivity contribution in [2.24, 2.45) is 0 Å². The van der Waals surface area contributed by atoms with Gasteiger partial charge in [0, 0.05) is 36.6 Å². The van der Waals surface area contributed by atoms with E-state index in [9.17, 15) is 0 Å². The van der Waals surface area contributed by atoms with Crippen LogP contribution in [0.15, 0.2) is 60.9 Å². The monoisotopic (exact) mass is 379 g/mol. The average Bonchev–Trinajstić information content (AvgIpc) is 2.75. The van der Waals surface area contributed by atoms with Gasteiger partial charge in [-0.25, -0.2) is 4.98 Å². The predicted octanol–water partition coefficient (Wildman–Crippen LogP) is 3.75. The highest BCUT2D eigenvalue weighted by Gasteiger charge is 2.09. The zero-order valence-electron chi connectivity index (χ0n) is 16.2. The smallest absolute Gasteiger partial charge is 0.217 e. The van der Waals surface area contributed by atoms with E-state index in [-0.39, 0.29) is 0 Å². The van der Waals surface area contributed by atoms with E-state index in [1.165, 1.54) is 0 Å². The van der Waals surface area contributed by atoms with E-state index in [1.54, 1.807) is 19.5 Å². The van der Waals surface area contributed by atoms with E-state index >= 15 is 0 Å². The van der Waals surface area contributed by atoms with Crippen molar-refractivity contribution in [3.63, 3.8) is 0 Å². The Morgan fingerprint density at radius 1 is 0.893 bits per heavy atom. The number of hydrogen-bond acceptors (Lipinski definition) is 6. The van der Waals surface area contributed by atoms with Gasteiger partial charge in [0.2, 0.25) is 5.88 Å². The fourth-order valence-electron chi connectivity index (χ4n) is 2.75. The Morgan fingerprint density at radius 2 is 1.75 bits per heavy atom. The van der Waals surface area contributed by atoms with Crippen molar-refractivity contribution < 1.29 is 14.2 Å². The maximum atomic E-state index is 5.99. The van der Waals surface area contributed by atoms with Crippen LogP contribution in [-0.4, -0.2) is 23.7 Å². The predicted molar refractivity (Wildman–Crippen MR) is 108 cm³/mol. The minimum absolute atomic E-state index is 0.414. The van der Waals surface area contributed by atoms with E-state index in [0.717, 1.165) is 28.3 Å². The summed E-state index contributed by atoms with van der Waals surface area (Å²) >= 11 is 0. The number of nitrogens with one attached hydrogen (secondary N) is 1. The first-order chi connectivity index (χ1) is 13.8. The number of nitrogens with zero attached hydrogens (tertiary/aromatic N) is 2. The summed E-state index contributed by atoms with van der Waals surface area (Å²) in [6, 6.07) is 15.5. The largest absolute Gasteiger partial charge is 0.497 e. The molecule has 6 heteroatoms. The van der Waals surface area contributed by atoms with Crippen LogP contribution in [0, 0.1) is 0 Å². The highest BCUT2D eigenvalue weighted by Crippen LogP contribution is 2.25. The zero-order valence-corrected chi connectivity index (χ0v) is 16.2. The molecule has 0 amide bonds. The van der Waals surface area contributed by atoms with Crippen LogP contribution in [0.25, 0.3) is 0 Å². The second-order valence-electron chi connectivity index (χ2n) is 6.09. The average molecular weight is 379 g/mol. The lowest BCUT2D eigenvalue weighted by molar-refractivity contribution is 0.296. The quantitative estimate of drug-likeness (QED) is 0.579. The van der Waals surface area contributed by atoms with Gasteiger partial charge in [-0.15, -0.1) is 0 Å². The summed E-state index contributed by atoms with van der Waals surface area (Å²) in [5.41, 5.74) is 2.91. The lowest BCUT2D eigenvalue weighted by atomic mass is 10.1. The SMILES string of the molecule is CCOc1ncccc1CNCc1cc(OC)ccc1OCc1ccccn1. The minimum Gasteiger partial charge on any atom is -0.497 e. The first-order valence-corrected chi connectivity index (χ1v) is 9.27. The molecule has 0 aliphatic heterocycles. The molecule has 2 heterocycles. The molecule has 1 N–H and O–H groups in total. The summed E-state index contributed by atoms with van der Waals surface area (Å²) in [5, 5.41) is 3.44. The third-order valence-corrected chi connectivity index (χ3v) is 4.13. The topological polar surface area (TPSA) is 65.5 Å². The highest BCUT2D eigenvalue weighted by molar-refractivity contribution is 5.40. The van der Waals surface area contributed by atoms with E-state index in [0.29, 0.717) is 32.2 Å². The molecule has 3 rings (SSSR count). The second-order valence-corrected chi connectivity index (χ2v) is 6.09. The number of hydrogen-bond donors (Lipinski definition) is 1. The van der Waals surface area contributed by atoms with Gasteiger partial charge in [0.1, 0.15) is 18.1 Å². The van der Waals surface area contributed by atoms with Crippen molar-refractivity contribution in [2.75, 3.05) is 13.7 Å². The van der Waals surface area contributed by atoms with Crippen LogP contribution in [-0.2, 0) is 19.7 Å². The van der Waals surface area contributed by atoms with Crippen LogP contribution in [0.2, 0.25) is 0 Å². The molecule has 2 aromatic heterocycles. The molecule has 0 spiro atoms. The van der Waals surface area contributed by atoms with Gasteiger partial charge in [-0.2, -0.15) is 0 Å². The molecule has 146 valence electrons. The van der Waals surface area contributed by atoms with Crippen molar-refractivity contribution in [2.45, 2.75) is 26.6 Å². The summed E-state index contributed by atoms with van der Waals surface area (Å²) in [6.45, 7) is 4.21. The normalized spacial score (nSPS) is 10.5. The molecule has 0 aliphatic rings. The maximum Gasteiger partial charge on any atom is 0.217 e. The fraction of sp³-hybridized carbons (Fsp3) is 0.273. The Hall–Kier alpha value is -3.12. The Bertz CT molecular complexity index is 872. The van der Waals surface area contributed by atoms with Gasteiger partial charge in [0.05, 0.1) is 19.4 Å². The van der Waals surface area contributed by atoms with Crippen LogP contribution < -0.4 is 19.5 Å². The Balaban J connectivity index is 1.66. The molecular weight excluding hydrogens is 354 g/mol. The summed E-state index contributed by atoms with van der Waals surface area (Å²) < 4.78 is 16.9. The molecule has 0 atom stereocenters. The summed E-state index contributed by atoms with van der Waals surface area (Å²) in [6.07, 6.45) is 3.50. The third-order valence-electron chi connectivity index (χ3n) is 4.13. The number of methoxy groups -OCH3 is 1. The number of benzene rings is 1. The lowest BCUT2D eigenvalue weighted by Gasteiger charge is -2.14. The Morgan fingerprint density at radius 3 is 2.54 bits per heavy atom. The molecule has 28 heavy (non-hydrogen) atoms. The number of aromatic nitrogens is 2. The standard InChI is InChI=1S/C22H25N3O3/c1-3-27-22-17(7-6-12-25-22)14-23-15-18-13-20(26-2)9-10-21(18)28-16-19-8-4-5-11-24-19/h4-13,23H,3,14-16H2,1-2H3. The van der Waals surface area contributed by atoms with Gasteiger partial charge in [-0.1, -0.05) is 12.1 Å². The molecule has 0 bridgehead atoms. The summed E-state index contributed by atoms with van der Waals surface area (Å²) in [4.78, 5) is 8.59. The molecule has 3 aromatic rings. The molecule has 0 unspecified atom stereocenters. The van der Waals surface area contributed by atoms with Crippen LogP contribution >= 0.6 is 0 Å². The van der Waals surface area contributed by atoms with Crippen molar-refractivity contribution >= 4 is 0 Å². The molecular formula is C22H25N3O3. The molecule has 6 nitrogen and oxygen atoms in total. The van der Waals surface area contributed by atoms with Gasteiger partial charge in [0.15, 0.2) is 0 Å². The van der Waals surface area contributed by atoms with Crippen LogP contribution in [0.3, 0.4) is 0 Å². The summed E-state index contributed by atoms with van der Waals surface area (Å²) in [7, 11) is 1.66. The van der Waals surface area contributed by atoms with Gasteiger partial charge in [-0.05, 0) is 43.3 Å². The first-order valence-electron chi connectivity index (χ1n) is 9.27. The minimum atomic E-state index is 0.414. The van der Waals surface area contributed by atoms with Crippen LogP contribution in [0.1, 0.15) is 23.7 Å². The van der Waals surface area contributed by atoms with E-state index in [2.05, 4.69) is 15.3 Å². The molecule has 0 fully saturated rings. The maximum absolute atomic E-state index is 5.99. The lowest BCUT2D eigenvalue weighted by Crippen LogP contribution is -2.15. The Labute approximate surface area is 165 Å². The van der Waals surface area contributed by atoms with Crippen molar-refractivity contribution in [3.05, 3.63) is 77.7 Å². The van der Waals surface area contributed by atoms with E-state index in [1.807, 2.05) is 55.5 Å². The van der Waals surface area contributed by atoms with Crippen LogP contribution in [0.4, 0.5) is 0 Å². The zero-order chi connectivity index (χ0) is 19.6. The van der Waals surface area contributed by atoms with Crippen molar-refractivity contribution in [1.29, 1.82) is 0 Å². The molecule has 0 aliphatic carbocycles. The molecule has 0 radical (unpaired) electrons. The highest BCUT2D eigenvalue weighted by atomic mass is 16.5. The van der Waals surface area contributed by atoms with Gasteiger partial charge < -0.3 is 19.5 Å². The number of pyridine rings is 2. The second kappa shape index (κ2) is 10.3. The van der Waals surface area contributed by atoms with Gasteiger partial charge in [-0.3, -0.25) is 4.98 Å². The fourth-order valence-corrected chi connectivity index (χ4v) is 2.75. The van der Waals surface area contributed by atoms with Gasteiger partial charge >= 0.3 is 0 Å². The Kier molecular flexibility index (Phi) is 7.21. The first kappa shape index (κ1) is 19.6. The number of rotatable bonds is 10. The molecule has 0 saturated carbocycles. The van der Waals surface area contributed by atoms with Crippen LogP contribution in [0.5, 0.6) is 17.4 Å². The van der Waals surface area contributed by atoms with Gasteiger partial charge in [0.25, 0.3) is 0 Å². The van der Waals surface area contributed by atoms with Crippen molar-refractivity contribution in [1.82, 2.24) is 15.3 Å². The van der Waals surface area contributed by atoms with E-state index in [4.69, 9.17) is 14.2 Å². The number of ether oxygens (including phenoxy) is 3. The summed E-state index contributed by atoms with van der Waals surface area (Å²) in [5.74, 6) is 2.25. The molecule has 1 aromatic carbocycles. The molecule has 0 saturated heterocycles. The van der Waals surface area contributed by atoms with Crippen molar-refractivity contribution in [3.8, 4) is 17.4 Å². The van der Waals surface area contributed by atoms with E-state index < -0.39 is 0 Å².